The van der Waals surface area contributed by atoms with Crippen molar-refractivity contribution in [3.8, 4) is 0 Å². The van der Waals surface area contributed by atoms with Crippen molar-refractivity contribution in [1.82, 2.24) is 10.6 Å². The first-order valence-corrected chi connectivity index (χ1v) is 5.49. The largest absolute Gasteiger partial charge is 0.379 e. The highest BCUT2D eigenvalue weighted by Gasteiger charge is 2.24. The molecule has 90 valence electrons. The minimum Gasteiger partial charge on any atom is -0.379 e. The standard InChI is InChI=1S/C11H24N2O2/c1-9(2)15-8-6-7-13-10(14)11(3,4)12-5/h9,12H,6-8H2,1-5H3,(H,13,14). The van der Waals surface area contributed by atoms with Crippen molar-refractivity contribution in [1.29, 1.82) is 0 Å². The second-order valence-electron chi connectivity index (χ2n) is 4.40. The summed E-state index contributed by atoms with van der Waals surface area (Å²) >= 11 is 0. The lowest BCUT2D eigenvalue weighted by atomic mass is 10.1. The van der Waals surface area contributed by atoms with Gasteiger partial charge in [-0.25, -0.2) is 0 Å². The van der Waals surface area contributed by atoms with Crippen LogP contribution in [0.4, 0.5) is 0 Å². The van der Waals surface area contributed by atoms with Gasteiger partial charge in [0.15, 0.2) is 0 Å². The maximum absolute atomic E-state index is 11.6. The molecule has 1 amide bonds. The third kappa shape index (κ3) is 6.47. The van der Waals surface area contributed by atoms with Crippen molar-refractivity contribution in [3.63, 3.8) is 0 Å². The van der Waals surface area contributed by atoms with Gasteiger partial charge in [0.2, 0.25) is 5.91 Å². The van der Waals surface area contributed by atoms with Crippen LogP contribution in [0.3, 0.4) is 0 Å². The van der Waals surface area contributed by atoms with Crippen LogP contribution in [-0.4, -0.2) is 37.7 Å². The molecule has 0 radical (unpaired) electrons. The Kier molecular flexibility index (Phi) is 6.52. The number of carbonyl (C=O) groups excluding carboxylic acids is 1. The van der Waals surface area contributed by atoms with E-state index in [0.717, 1.165) is 6.42 Å². The molecule has 0 aromatic carbocycles. The Morgan fingerprint density at radius 2 is 2.00 bits per heavy atom. The molecule has 0 saturated carbocycles. The predicted molar refractivity (Wildman–Crippen MR) is 61.9 cm³/mol. The lowest BCUT2D eigenvalue weighted by molar-refractivity contribution is -0.126. The van der Waals surface area contributed by atoms with Crippen molar-refractivity contribution < 1.29 is 9.53 Å². The van der Waals surface area contributed by atoms with Gasteiger partial charge in [-0.3, -0.25) is 4.79 Å². The molecular formula is C11H24N2O2. The van der Waals surface area contributed by atoms with Crippen LogP contribution in [0, 0.1) is 0 Å². The average Bonchev–Trinajstić information content (AvgIpc) is 2.16. The smallest absolute Gasteiger partial charge is 0.239 e. The van der Waals surface area contributed by atoms with E-state index in [1.54, 1.807) is 7.05 Å². The Morgan fingerprint density at radius 3 is 2.47 bits per heavy atom. The molecule has 0 rings (SSSR count). The fourth-order valence-electron chi connectivity index (χ4n) is 0.928. The number of carbonyl (C=O) groups is 1. The highest BCUT2D eigenvalue weighted by molar-refractivity contribution is 5.85. The third-order valence-electron chi connectivity index (χ3n) is 2.25. The minimum absolute atomic E-state index is 0.0227. The summed E-state index contributed by atoms with van der Waals surface area (Å²) in [6.07, 6.45) is 1.11. The van der Waals surface area contributed by atoms with Gasteiger partial charge in [-0.15, -0.1) is 0 Å². The molecule has 4 nitrogen and oxygen atoms in total. The highest BCUT2D eigenvalue weighted by Crippen LogP contribution is 1.99. The summed E-state index contributed by atoms with van der Waals surface area (Å²) in [5.74, 6) is 0.0227. The lowest BCUT2D eigenvalue weighted by Gasteiger charge is -2.22. The van der Waals surface area contributed by atoms with Crippen molar-refractivity contribution >= 4 is 5.91 Å². The first kappa shape index (κ1) is 14.4. The van der Waals surface area contributed by atoms with Gasteiger partial charge in [0, 0.05) is 13.2 Å². The van der Waals surface area contributed by atoms with E-state index >= 15 is 0 Å². The molecule has 0 aromatic heterocycles. The first-order valence-electron chi connectivity index (χ1n) is 5.49. The summed E-state index contributed by atoms with van der Waals surface area (Å²) in [7, 11) is 1.78. The van der Waals surface area contributed by atoms with Crippen LogP contribution < -0.4 is 10.6 Å². The number of ether oxygens (including phenoxy) is 1. The molecule has 0 unspecified atom stereocenters. The molecule has 0 heterocycles. The minimum atomic E-state index is -0.501. The van der Waals surface area contributed by atoms with E-state index in [2.05, 4.69) is 10.6 Å². The number of likely N-dealkylation sites (N-methyl/N-ethyl adjacent to an activating group) is 1. The van der Waals surface area contributed by atoms with Crippen LogP contribution in [0.1, 0.15) is 34.1 Å². The van der Waals surface area contributed by atoms with Gasteiger partial charge < -0.3 is 15.4 Å². The normalized spacial score (nSPS) is 11.9. The maximum atomic E-state index is 11.6. The van der Waals surface area contributed by atoms with E-state index < -0.39 is 5.54 Å². The SMILES string of the molecule is CNC(C)(C)C(=O)NCCCOC(C)C. The summed E-state index contributed by atoms with van der Waals surface area (Å²) in [6, 6.07) is 0. The van der Waals surface area contributed by atoms with Gasteiger partial charge in [-0.2, -0.15) is 0 Å². The van der Waals surface area contributed by atoms with Crippen LogP contribution in [0.5, 0.6) is 0 Å². The van der Waals surface area contributed by atoms with Gasteiger partial charge in [0.25, 0.3) is 0 Å². The average molecular weight is 216 g/mol. The summed E-state index contributed by atoms with van der Waals surface area (Å²) in [5, 5.41) is 5.82. The Balaban J connectivity index is 3.56. The third-order valence-corrected chi connectivity index (χ3v) is 2.25. The monoisotopic (exact) mass is 216 g/mol. The molecule has 0 bridgehead atoms. The Hall–Kier alpha value is -0.610. The van der Waals surface area contributed by atoms with E-state index in [1.807, 2.05) is 27.7 Å². The van der Waals surface area contributed by atoms with Gasteiger partial charge >= 0.3 is 0 Å². The van der Waals surface area contributed by atoms with Crippen molar-refractivity contribution in [2.45, 2.75) is 45.8 Å². The number of rotatable bonds is 7. The van der Waals surface area contributed by atoms with Gasteiger partial charge in [0.05, 0.1) is 11.6 Å². The van der Waals surface area contributed by atoms with Crippen molar-refractivity contribution in [3.05, 3.63) is 0 Å². The van der Waals surface area contributed by atoms with Crippen LogP contribution in [-0.2, 0) is 9.53 Å². The molecule has 0 aliphatic carbocycles. The Morgan fingerprint density at radius 1 is 1.40 bits per heavy atom. The fourth-order valence-corrected chi connectivity index (χ4v) is 0.928. The van der Waals surface area contributed by atoms with E-state index in [-0.39, 0.29) is 12.0 Å². The number of nitrogens with one attached hydrogen (secondary N) is 2. The lowest BCUT2D eigenvalue weighted by Crippen LogP contribution is -2.51. The van der Waals surface area contributed by atoms with Crippen LogP contribution in [0.25, 0.3) is 0 Å². The Labute approximate surface area is 92.8 Å². The quantitative estimate of drug-likeness (QED) is 0.622. The first-order chi connectivity index (χ1) is 6.90. The number of amides is 1. The highest BCUT2D eigenvalue weighted by atomic mass is 16.5. The van der Waals surface area contributed by atoms with Gasteiger partial charge in [-0.05, 0) is 41.2 Å². The second kappa shape index (κ2) is 6.80. The zero-order valence-electron chi connectivity index (χ0n) is 10.5. The molecule has 4 heteroatoms. The van der Waals surface area contributed by atoms with E-state index in [4.69, 9.17) is 4.74 Å². The molecule has 15 heavy (non-hydrogen) atoms. The second-order valence-corrected chi connectivity index (χ2v) is 4.40. The molecule has 0 fully saturated rings. The number of hydrogen-bond acceptors (Lipinski definition) is 3. The van der Waals surface area contributed by atoms with E-state index in [1.165, 1.54) is 0 Å². The van der Waals surface area contributed by atoms with Crippen molar-refractivity contribution in [2.75, 3.05) is 20.2 Å². The zero-order chi connectivity index (χ0) is 11.9. The molecule has 0 spiro atoms. The van der Waals surface area contributed by atoms with Crippen LogP contribution >= 0.6 is 0 Å². The van der Waals surface area contributed by atoms with E-state index in [9.17, 15) is 4.79 Å². The molecule has 0 atom stereocenters. The summed E-state index contributed by atoms with van der Waals surface area (Å²) in [4.78, 5) is 11.6. The number of hydrogen-bond donors (Lipinski definition) is 2. The van der Waals surface area contributed by atoms with Gasteiger partial charge in [-0.1, -0.05) is 0 Å². The van der Waals surface area contributed by atoms with Crippen LogP contribution in [0.15, 0.2) is 0 Å². The predicted octanol–water partition coefficient (Wildman–Crippen LogP) is 0.916. The van der Waals surface area contributed by atoms with E-state index in [0.29, 0.717) is 13.2 Å². The molecule has 0 aliphatic rings. The fraction of sp³-hybridized carbons (Fsp3) is 0.909. The zero-order valence-corrected chi connectivity index (χ0v) is 10.5. The van der Waals surface area contributed by atoms with Crippen molar-refractivity contribution in [2.24, 2.45) is 0 Å². The molecule has 2 N–H and O–H groups in total. The maximum Gasteiger partial charge on any atom is 0.239 e. The Bertz CT molecular complexity index is 191. The topological polar surface area (TPSA) is 50.4 Å². The van der Waals surface area contributed by atoms with Crippen LogP contribution in [0.2, 0.25) is 0 Å². The summed E-state index contributed by atoms with van der Waals surface area (Å²) in [5.41, 5.74) is -0.501. The molecular weight excluding hydrogens is 192 g/mol. The molecule has 0 saturated heterocycles. The molecule has 0 aliphatic heterocycles. The summed E-state index contributed by atoms with van der Waals surface area (Å²) < 4.78 is 5.37. The molecule has 0 aromatic rings. The summed E-state index contributed by atoms with van der Waals surface area (Å²) in [6.45, 7) is 9.07. The van der Waals surface area contributed by atoms with Gasteiger partial charge in [0.1, 0.15) is 0 Å².